The van der Waals surface area contributed by atoms with Crippen LogP contribution in [0.1, 0.15) is 58.8 Å². The van der Waals surface area contributed by atoms with Gasteiger partial charge in [0.1, 0.15) is 18.0 Å². The van der Waals surface area contributed by atoms with Gasteiger partial charge in [0.25, 0.3) is 0 Å². The average molecular weight is 402 g/mol. The number of ether oxygens (including phenoxy) is 4. The Balaban J connectivity index is 1.42. The van der Waals surface area contributed by atoms with E-state index in [1.165, 1.54) is 5.57 Å². The highest BCUT2D eigenvalue weighted by Crippen LogP contribution is 2.70. The lowest BCUT2D eigenvalue weighted by molar-refractivity contribution is -0.246. The lowest BCUT2D eigenvalue weighted by Gasteiger charge is -2.59. The molecule has 0 aromatic heterocycles. The van der Waals surface area contributed by atoms with Crippen LogP contribution in [0.3, 0.4) is 0 Å². The number of carbonyl (C=O) groups is 2. The van der Waals surface area contributed by atoms with Crippen molar-refractivity contribution in [3.8, 4) is 0 Å². The predicted molar refractivity (Wildman–Crippen MR) is 102 cm³/mol. The van der Waals surface area contributed by atoms with Gasteiger partial charge in [0.05, 0.1) is 0 Å². The predicted octanol–water partition coefficient (Wildman–Crippen LogP) is 3.14. The molecule has 0 radical (unpaired) electrons. The van der Waals surface area contributed by atoms with Gasteiger partial charge in [-0.3, -0.25) is 9.59 Å². The van der Waals surface area contributed by atoms with Crippen LogP contribution >= 0.6 is 0 Å². The molecule has 29 heavy (non-hydrogen) atoms. The van der Waals surface area contributed by atoms with Gasteiger partial charge < -0.3 is 18.9 Å². The van der Waals surface area contributed by atoms with E-state index in [1.54, 1.807) is 0 Å². The van der Waals surface area contributed by atoms with E-state index in [9.17, 15) is 9.59 Å². The van der Waals surface area contributed by atoms with Crippen molar-refractivity contribution in [2.75, 3.05) is 20.2 Å². The minimum atomic E-state index is -0.884. The van der Waals surface area contributed by atoms with Crippen molar-refractivity contribution in [1.29, 1.82) is 0 Å². The Morgan fingerprint density at radius 3 is 2.62 bits per heavy atom. The molecule has 2 heterocycles. The zero-order valence-corrected chi connectivity index (χ0v) is 17.3. The van der Waals surface area contributed by atoms with Crippen LogP contribution in [0.5, 0.6) is 0 Å². The summed E-state index contributed by atoms with van der Waals surface area (Å²) in [6.07, 6.45) is 7.48. The van der Waals surface area contributed by atoms with Gasteiger partial charge in [-0.05, 0) is 55.4 Å². The van der Waals surface area contributed by atoms with Crippen LogP contribution in [-0.2, 0) is 28.5 Å². The third-order valence-electron chi connectivity index (χ3n) is 9.65. The minimum absolute atomic E-state index is 0.0165. The van der Waals surface area contributed by atoms with Crippen molar-refractivity contribution in [2.45, 2.75) is 70.2 Å². The van der Waals surface area contributed by atoms with E-state index in [4.69, 9.17) is 18.9 Å². The molecule has 2 saturated heterocycles. The summed E-state index contributed by atoms with van der Waals surface area (Å²) in [6, 6.07) is 0. The normalized spacial score (nSPS) is 53.9. The topological polar surface area (TPSA) is 71.1 Å². The zero-order valence-electron chi connectivity index (χ0n) is 17.3. The van der Waals surface area contributed by atoms with Gasteiger partial charge in [0.2, 0.25) is 5.79 Å². The molecule has 4 aliphatic carbocycles. The number of allylic oxidation sites excluding steroid dienone is 1. The molecule has 0 aromatic carbocycles. The second-order valence-corrected chi connectivity index (χ2v) is 10.5. The first-order chi connectivity index (χ1) is 13.9. The number of rotatable bonds is 0. The molecule has 0 N–H and O–H groups in total. The Morgan fingerprint density at radius 2 is 1.83 bits per heavy atom. The number of hydrogen-bond donors (Lipinski definition) is 0. The molecule has 7 atom stereocenters. The number of ketones is 2. The van der Waals surface area contributed by atoms with Crippen LogP contribution in [0.25, 0.3) is 0 Å². The molecule has 0 amide bonds. The van der Waals surface area contributed by atoms with Gasteiger partial charge >= 0.3 is 0 Å². The van der Waals surface area contributed by atoms with E-state index in [0.717, 1.165) is 32.1 Å². The lowest BCUT2D eigenvalue weighted by Crippen LogP contribution is -2.65. The van der Waals surface area contributed by atoms with E-state index in [1.807, 2.05) is 6.08 Å². The van der Waals surface area contributed by atoms with Crippen molar-refractivity contribution in [3.05, 3.63) is 11.6 Å². The van der Waals surface area contributed by atoms with Crippen LogP contribution in [0.4, 0.5) is 0 Å². The molecule has 158 valence electrons. The zero-order chi connectivity index (χ0) is 20.1. The number of fused-ring (bicyclic) bond motifs is 7. The van der Waals surface area contributed by atoms with E-state index >= 15 is 0 Å². The number of Topliss-reactive ketones (excluding diaryl/α,β-unsaturated/α-hetero) is 1. The molecule has 6 nitrogen and oxygen atoms in total. The monoisotopic (exact) mass is 402 g/mol. The molecule has 2 aliphatic heterocycles. The molecule has 6 heteroatoms. The SMILES string of the molecule is C[C@]12CCC(=O)C=C1CC[C@@H]1[C@@H]2C(=O)C[C@@]2(C)[C@H]1CC[C@@]21OCO[C@@]12COCO2. The van der Waals surface area contributed by atoms with E-state index in [0.29, 0.717) is 37.1 Å². The Bertz CT molecular complexity index is 807. The number of carbonyl (C=O) groups excluding carboxylic acids is 2. The standard InChI is InChI=1S/C23H30O6/c1-20-7-5-15(24)9-14(20)3-4-16-17-6-8-22(21(17,2)10-18(25)19(16)20)23(29-13-27-22)11-26-12-28-23/h9,16-17,19H,3-8,10-13H2,1-2H3/t16-,17-,19+,20-,21-,22+,23-/m0/s1. The molecule has 0 aromatic rings. The van der Waals surface area contributed by atoms with Gasteiger partial charge in [-0.2, -0.15) is 0 Å². The quantitative estimate of drug-likeness (QED) is 0.620. The first-order valence-electron chi connectivity index (χ1n) is 11.1. The van der Waals surface area contributed by atoms with E-state index in [-0.39, 0.29) is 36.1 Å². The fourth-order valence-corrected chi connectivity index (χ4v) is 8.36. The summed E-state index contributed by atoms with van der Waals surface area (Å²) in [4.78, 5) is 25.8. The van der Waals surface area contributed by atoms with Crippen molar-refractivity contribution in [1.82, 2.24) is 0 Å². The summed E-state index contributed by atoms with van der Waals surface area (Å²) in [7, 11) is 0. The molecule has 6 rings (SSSR count). The number of hydrogen-bond acceptors (Lipinski definition) is 6. The second-order valence-electron chi connectivity index (χ2n) is 10.5. The van der Waals surface area contributed by atoms with Crippen LogP contribution in [0.15, 0.2) is 11.6 Å². The van der Waals surface area contributed by atoms with Crippen molar-refractivity contribution < 1.29 is 28.5 Å². The third kappa shape index (κ3) is 2.07. The van der Waals surface area contributed by atoms with Gasteiger partial charge in [0, 0.05) is 24.2 Å². The summed E-state index contributed by atoms with van der Waals surface area (Å²) in [5, 5.41) is 0. The molecule has 0 bridgehead atoms. The van der Waals surface area contributed by atoms with Crippen LogP contribution in [0.2, 0.25) is 0 Å². The average Bonchev–Trinajstić information content (AvgIpc) is 3.37. The maximum Gasteiger partial charge on any atom is 0.226 e. The highest BCUT2D eigenvalue weighted by atomic mass is 16.9. The highest BCUT2D eigenvalue weighted by molar-refractivity contribution is 5.93. The first kappa shape index (κ1) is 18.7. The fourth-order valence-electron chi connectivity index (χ4n) is 8.36. The molecule has 0 unspecified atom stereocenters. The summed E-state index contributed by atoms with van der Waals surface area (Å²) < 4.78 is 24.0. The largest absolute Gasteiger partial charge is 0.350 e. The van der Waals surface area contributed by atoms with Crippen molar-refractivity contribution in [3.63, 3.8) is 0 Å². The second kappa shape index (κ2) is 5.78. The van der Waals surface area contributed by atoms with Crippen molar-refractivity contribution >= 4 is 11.6 Å². The van der Waals surface area contributed by atoms with E-state index < -0.39 is 11.4 Å². The Hall–Kier alpha value is -1.08. The molecular formula is C23H30O6. The minimum Gasteiger partial charge on any atom is -0.350 e. The van der Waals surface area contributed by atoms with Crippen LogP contribution in [-0.4, -0.2) is 43.1 Å². The van der Waals surface area contributed by atoms with Crippen LogP contribution in [0, 0.1) is 28.6 Å². The van der Waals surface area contributed by atoms with E-state index in [2.05, 4.69) is 13.8 Å². The molecule has 2 spiro atoms. The van der Waals surface area contributed by atoms with Gasteiger partial charge in [-0.25, -0.2) is 0 Å². The maximum atomic E-state index is 13.8. The Morgan fingerprint density at radius 1 is 1.00 bits per heavy atom. The molecule has 6 aliphatic rings. The van der Waals surface area contributed by atoms with Crippen LogP contribution < -0.4 is 0 Å². The lowest BCUT2D eigenvalue weighted by atomic mass is 9.45. The van der Waals surface area contributed by atoms with Gasteiger partial charge in [-0.15, -0.1) is 0 Å². The summed E-state index contributed by atoms with van der Waals surface area (Å²) in [6.45, 7) is 5.24. The molecule has 3 saturated carbocycles. The third-order valence-corrected chi connectivity index (χ3v) is 9.65. The van der Waals surface area contributed by atoms with Gasteiger partial charge in [-0.1, -0.05) is 19.4 Å². The molecule has 5 fully saturated rings. The summed E-state index contributed by atoms with van der Waals surface area (Å²) >= 11 is 0. The summed E-state index contributed by atoms with van der Waals surface area (Å²) in [5.41, 5.74) is 0.103. The first-order valence-corrected chi connectivity index (χ1v) is 11.1. The molecular weight excluding hydrogens is 372 g/mol. The smallest absolute Gasteiger partial charge is 0.226 e. The summed E-state index contributed by atoms with van der Waals surface area (Å²) in [5.74, 6) is 0.416. The fraction of sp³-hybridized carbons (Fsp3) is 0.826. The Kier molecular flexibility index (Phi) is 3.72. The maximum absolute atomic E-state index is 13.8. The van der Waals surface area contributed by atoms with Gasteiger partial charge in [0.15, 0.2) is 19.4 Å². The van der Waals surface area contributed by atoms with Crippen molar-refractivity contribution in [2.24, 2.45) is 28.6 Å². The highest BCUT2D eigenvalue weighted by Gasteiger charge is 2.76. The Labute approximate surface area is 171 Å².